The van der Waals surface area contributed by atoms with Gasteiger partial charge in [-0.15, -0.1) is 0 Å². The molecule has 0 radical (unpaired) electrons. The van der Waals surface area contributed by atoms with Crippen molar-refractivity contribution in [2.24, 2.45) is 0 Å². The molecule has 0 saturated carbocycles. The molecule has 0 aliphatic heterocycles. The number of nitrogens with one attached hydrogen (secondary N) is 1. The van der Waals surface area contributed by atoms with Crippen LogP contribution in [0.2, 0.25) is 5.02 Å². The molecule has 0 saturated heterocycles. The smallest absolute Gasteiger partial charge is 0.263 e. The van der Waals surface area contributed by atoms with Gasteiger partial charge >= 0.3 is 0 Å². The lowest BCUT2D eigenvalue weighted by molar-refractivity contribution is 0.599. The molecule has 0 spiro atoms. The van der Waals surface area contributed by atoms with Gasteiger partial charge in [-0.25, -0.2) is 12.8 Å². The fourth-order valence-electron chi connectivity index (χ4n) is 1.47. The molecular formula is C12H7Br2ClFNO2S. The summed E-state index contributed by atoms with van der Waals surface area (Å²) in [6.07, 6.45) is 0. The molecule has 106 valence electrons. The van der Waals surface area contributed by atoms with Crippen LogP contribution in [-0.2, 0) is 10.0 Å². The standard InChI is InChI=1S/C12H7Br2ClFNO2S/c13-7-1-3-11(10(15)5-7)17-20(18,19)12-4-2-8(16)6-9(12)14/h1-6,17H. The Morgan fingerprint density at radius 2 is 1.80 bits per heavy atom. The molecule has 20 heavy (non-hydrogen) atoms. The van der Waals surface area contributed by atoms with Crippen LogP contribution in [0, 0.1) is 5.82 Å². The van der Waals surface area contributed by atoms with Crippen LogP contribution in [-0.4, -0.2) is 8.42 Å². The summed E-state index contributed by atoms with van der Waals surface area (Å²) in [5, 5.41) is 0.251. The van der Waals surface area contributed by atoms with Gasteiger partial charge in [0.15, 0.2) is 0 Å². The number of hydrogen-bond acceptors (Lipinski definition) is 2. The predicted molar refractivity (Wildman–Crippen MR) is 84.1 cm³/mol. The number of hydrogen-bond donors (Lipinski definition) is 1. The van der Waals surface area contributed by atoms with E-state index in [2.05, 4.69) is 36.6 Å². The van der Waals surface area contributed by atoms with Crippen molar-refractivity contribution in [3.8, 4) is 0 Å². The first-order chi connectivity index (χ1) is 9.29. The van der Waals surface area contributed by atoms with Crippen molar-refractivity contribution in [2.45, 2.75) is 4.90 Å². The molecule has 0 aliphatic carbocycles. The normalized spacial score (nSPS) is 11.4. The van der Waals surface area contributed by atoms with Crippen molar-refractivity contribution < 1.29 is 12.8 Å². The highest BCUT2D eigenvalue weighted by atomic mass is 79.9. The van der Waals surface area contributed by atoms with Gasteiger partial charge in [0.1, 0.15) is 10.7 Å². The predicted octanol–water partition coefficient (Wildman–Crippen LogP) is 4.80. The Hall–Kier alpha value is -0.630. The first-order valence-corrected chi connectivity index (χ1v) is 8.67. The molecule has 2 aromatic rings. The van der Waals surface area contributed by atoms with Gasteiger partial charge in [0.05, 0.1) is 10.7 Å². The monoisotopic (exact) mass is 441 g/mol. The number of halogens is 4. The van der Waals surface area contributed by atoms with Crippen molar-refractivity contribution in [1.82, 2.24) is 0 Å². The summed E-state index contributed by atoms with van der Waals surface area (Å²) in [5.74, 6) is -0.530. The van der Waals surface area contributed by atoms with Crippen LogP contribution >= 0.6 is 43.5 Å². The summed E-state index contributed by atoms with van der Waals surface area (Å²) in [6, 6.07) is 8.08. The lowest BCUT2D eigenvalue weighted by atomic mass is 10.3. The van der Waals surface area contributed by atoms with E-state index in [1.165, 1.54) is 12.1 Å². The Balaban J connectivity index is 2.41. The van der Waals surface area contributed by atoms with E-state index in [9.17, 15) is 12.8 Å². The van der Waals surface area contributed by atoms with Gasteiger partial charge < -0.3 is 0 Å². The van der Waals surface area contributed by atoms with Crippen LogP contribution in [0.4, 0.5) is 10.1 Å². The molecule has 2 aromatic carbocycles. The van der Waals surface area contributed by atoms with Crippen LogP contribution < -0.4 is 4.72 Å². The first-order valence-electron chi connectivity index (χ1n) is 5.22. The number of rotatable bonds is 3. The number of benzene rings is 2. The minimum Gasteiger partial charge on any atom is -0.278 e. The maximum Gasteiger partial charge on any atom is 0.263 e. The lowest BCUT2D eigenvalue weighted by Gasteiger charge is -2.11. The Morgan fingerprint density at radius 3 is 2.40 bits per heavy atom. The highest BCUT2D eigenvalue weighted by molar-refractivity contribution is 9.10. The molecule has 0 heterocycles. The molecule has 8 heteroatoms. The molecule has 0 bridgehead atoms. The van der Waals surface area contributed by atoms with Crippen LogP contribution in [0.25, 0.3) is 0 Å². The summed E-state index contributed by atoms with van der Waals surface area (Å²) in [6.45, 7) is 0. The lowest BCUT2D eigenvalue weighted by Crippen LogP contribution is -2.14. The summed E-state index contributed by atoms with van der Waals surface area (Å²) in [4.78, 5) is -0.0714. The summed E-state index contributed by atoms with van der Waals surface area (Å²) < 4.78 is 40.7. The largest absolute Gasteiger partial charge is 0.278 e. The van der Waals surface area contributed by atoms with Gasteiger partial charge in [0.2, 0.25) is 0 Å². The van der Waals surface area contributed by atoms with Gasteiger partial charge in [-0.3, -0.25) is 4.72 Å². The fraction of sp³-hybridized carbons (Fsp3) is 0. The summed E-state index contributed by atoms with van der Waals surface area (Å²) >= 11 is 12.2. The molecule has 0 unspecified atom stereocenters. The van der Waals surface area contributed by atoms with Crippen LogP contribution in [0.1, 0.15) is 0 Å². The molecule has 3 nitrogen and oxygen atoms in total. The zero-order chi connectivity index (χ0) is 14.9. The molecule has 0 aromatic heterocycles. The van der Waals surface area contributed by atoms with Crippen molar-refractivity contribution in [1.29, 1.82) is 0 Å². The molecule has 0 atom stereocenters. The van der Waals surface area contributed by atoms with E-state index in [0.717, 1.165) is 16.6 Å². The fourth-order valence-corrected chi connectivity index (χ4v) is 4.37. The molecule has 2 rings (SSSR count). The summed E-state index contributed by atoms with van der Waals surface area (Å²) in [5.41, 5.74) is 0.242. The third-order valence-electron chi connectivity index (χ3n) is 2.36. The first kappa shape index (κ1) is 15.8. The average Bonchev–Trinajstić information content (AvgIpc) is 2.32. The number of anilines is 1. The van der Waals surface area contributed by atoms with E-state index in [1.54, 1.807) is 12.1 Å². The van der Waals surface area contributed by atoms with Gasteiger partial charge in [0.25, 0.3) is 10.0 Å². The Labute approximate surface area is 137 Å². The van der Waals surface area contributed by atoms with Crippen LogP contribution in [0.3, 0.4) is 0 Å². The SMILES string of the molecule is O=S(=O)(Nc1ccc(Br)cc1Cl)c1ccc(F)cc1Br. The Morgan fingerprint density at radius 1 is 1.10 bits per heavy atom. The average molecular weight is 444 g/mol. The molecule has 0 fully saturated rings. The molecule has 0 amide bonds. The van der Waals surface area contributed by atoms with Gasteiger partial charge in [-0.1, -0.05) is 27.5 Å². The topological polar surface area (TPSA) is 46.2 Å². The Kier molecular flexibility index (Phi) is 4.73. The van der Waals surface area contributed by atoms with E-state index < -0.39 is 15.8 Å². The van der Waals surface area contributed by atoms with E-state index >= 15 is 0 Å². The maximum absolute atomic E-state index is 13.0. The van der Waals surface area contributed by atoms with Crippen molar-refractivity contribution >= 4 is 59.2 Å². The Bertz CT molecular complexity index is 768. The third kappa shape index (κ3) is 3.52. The van der Waals surface area contributed by atoms with Gasteiger partial charge in [-0.2, -0.15) is 0 Å². The second kappa shape index (κ2) is 6.01. The van der Waals surface area contributed by atoms with Crippen molar-refractivity contribution in [3.63, 3.8) is 0 Å². The quantitative estimate of drug-likeness (QED) is 0.741. The van der Waals surface area contributed by atoms with Crippen LogP contribution in [0.15, 0.2) is 50.2 Å². The van der Waals surface area contributed by atoms with Crippen molar-refractivity contribution in [3.05, 3.63) is 56.2 Å². The third-order valence-corrected chi connectivity index (χ3v) is 5.51. The van der Waals surface area contributed by atoms with Crippen molar-refractivity contribution in [2.75, 3.05) is 4.72 Å². The molecule has 1 N–H and O–H groups in total. The highest BCUT2D eigenvalue weighted by Gasteiger charge is 2.19. The number of sulfonamides is 1. The zero-order valence-corrected chi connectivity index (χ0v) is 14.4. The second-order valence-electron chi connectivity index (χ2n) is 3.80. The van der Waals surface area contributed by atoms with E-state index in [-0.39, 0.29) is 20.1 Å². The van der Waals surface area contributed by atoms with E-state index in [0.29, 0.717) is 0 Å². The minimum atomic E-state index is -3.86. The molecule has 0 aliphatic rings. The zero-order valence-electron chi connectivity index (χ0n) is 9.70. The summed E-state index contributed by atoms with van der Waals surface area (Å²) in [7, 11) is -3.86. The molecular weight excluding hydrogens is 436 g/mol. The van der Waals surface area contributed by atoms with Crippen LogP contribution in [0.5, 0.6) is 0 Å². The maximum atomic E-state index is 13.0. The van der Waals surface area contributed by atoms with Gasteiger partial charge in [0, 0.05) is 8.95 Å². The van der Waals surface area contributed by atoms with E-state index in [4.69, 9.17) is 11.6 Å². The minimum absolute atomic E-state index is 0.0714. The van der Waals surface area contributed by atoms with E-state index in [1.807, 2.05) is 0 Å². The second-order valence-corrected chi connectivity index (χ2v) is 7.63. The highest BCUT2D eigenvalue weighted by Crippen LogP contribution is 2.30. The van der Waals surface area contributed by atoms with Gasteiger partial charge in [-0.05, 0) is 52.3 Å².